The Morgan fingerprint density at radius 2 is 1.89 bits per heavy atom. The third-order valence-electron chi connectivity index (χ3n) is 4.58. The zero-order valence-corrected chi connectivity index (χ0v) is 11.5. The smallest absolute Gasteiger partial charge is 0.130 e. The predicted octanol–water partition coefficient (Wildman–Crippen LogP) is 2.52. The van der Waals surface area contributed by atoms with E-state index in [-0.39, 0.29) is 11.0 Å². The van der Waals surface area contributed by atoms with E-state index in [9.17, 15) is 0 Å². The van der Waals surface area contributed by atoms with Gasteiger partial charge < -0.3 is 5.32 Å². The maximum absolute atomic E-state index is 5.98. The monoisotopic (exact) mass is 276 g/mol. The minimum Gasteiger partial charge on any atom is -0.313 e. The van der Waals surface area contributed by atoms with Crippen LogP contribution in [0.15, 0.2) is 36.0 Å². The lowest BCUT2D eigenvalue weighted by molar-refractivity contribution is -0.0281. The van der Waals surface area contributed by atoms with Crippen LogP contribution in [-0.4, -0.2) is 18.7 Å². The molecule has 1 saturated heterocycles. The van der Waals surface area contributed by atoms with E-state index in [2.05, 4.69) is 29.0 Å². The Kier molecular flexibility index (Phi) is 2.47. The van der Waals surface area contributed by atoms with E-state index in [1.54, 1.807) is 0 Å². The van der Waals surface area contributed by atoms with Crippen LogP contribution in [0.4, 0.5) is 0 Å². The molecule has 100 valence electrons. The number of halogens is 1. The number of rotatable bonds is 2. The minimum absolute atomic E-state index is 0.128. The summed E-state index contributed by atoms with van der Waals surface area (Å²) in [7, 11) is 0. The lowest BCUT2D eigenvalue weighted by atomic mass is 9.90. The Hall–Kier alpha value is -1.03. The Labute approximate surface area is 117 Å². The van der Waals surface area contributed by atoms with Crippen LogP contribution in [0, 0.1) is 0 Å². The average Bonchev–Trinajstić information content (AvgIpc) is 2.93. The summed E-state index contributed by atoms with van der Waals surface area (Å²) in [5.41, 5.74) is 5.77. The van der Waals surface area contributed by atoms with Crippen molar-refractivity contribution in [3.8, 4) is 0 Å². The highest BCUT2D eigenvalue weighted by Crippen LogP contribution is 2.54. The summed E-state index contributed by atoms with van der Waals surface area (Å²) in [5, 5.41) is 4.16. The van der Waals surface area contributed by atoms with Crippen LogP contribution in [0.5, 0.6) is 0 Å². The molecule has 2 aliphatic heterocycles. The van der Waals surface area contributed by atoms with E-state index < -0.39 is 0 Å². The topological polar surface area (TPSA) is 33.3 Å². The van der Waals surface area contributed by atoms with Crippen molar-refractivity contribution < 1.29 is 4.84 Å². The van der Waals surface area contributed by atoms with Gasteiger partial charge in [0.15, 0.2) is 0 Å². The lowest BCUT2D eigenvalue weighted by Crippen LogP contribution is -2.32. The lowest BCUT2D eigenvalue weighted by Gasteiger charge is -2.18. The van der Waals surface area contributed by atoms with Gasteiger partial charge in [-0.2, -0.15) is 0 Å². The Bertz CT molecular complexity index is 528. The second-order valence-corrected chi connectivity index (χ2v) is 6.28. The van der Waals surface area contributed by atoms with Gasteiger partial charge in [0.2, 0.25) is 0 Å². The molecule has 4 rings (SSSR count). The maximum atomic E-state index is 5.98. The van der Waals surface area contributed by atoms with Crippen molar-refractivity contribution in [3.05, 3.63) is 46.6 Å². The van der Waals surface area contributed by atoms with E-state index in [1.807, 2.05) is 12.1 Å². The van der Waals surface area contributed by atoms with E-state index >= 15 is 0 Å². The zero-order chi connectivity index (χ0) is 12.9. The fraction of sp³-hybridized carbons (Fsp3) is 0.467. The molecule has 0 bridgehead atoms. The first-order valence-corrected chi connectivity index (χ1v) is 7.25. The number of hydrogen-bond acceptors (Lipinski definition) is 3. The largest absolute Gasteiger partial charge is 0.313 e. The third kappa shape index (κ3) is 1.80. The predicted molar refractivity (Wildman–Crippen MR) is 74.9 cm³/mol. The fourth-order valence-electron chi connectivity index (χ4n) is 3.22. The van der Waals surface area contributed by atoms with Gasteiger partial charge in [0, 0.05) is 22.7 Å². The van der Waals surface area contributed by atoms with Gasteiger partial charge in [-0.25, -0.2) is 0 Å². The Morgan fingerprint density at radius 3 is 2.53 bits per heavy atom. The van der Waals surface area contributed by atoms with Crippen LogP contribution in [0.3, 0.4) is 0 Å². The van der Waals surface area contributed by atoms with E-state index in [4.69, 9.17) is 16.4 Å². The van der Waals surface area contributed by atoms with Gasteiger partial charge in [0.05, 0.1) is 0 Å². The van der Waals surface area contributed by atoms with Crippen LogP contribution < -0.4 is 10.8 Å². The van der Waals surface area contributed by atoms with Gasteiger partial charge >= 0.3 is 0 Å². The van der Waals surface area contributed by atoms with Crippen molar-refractivity contribution in [2.45, 2.75) is 30.3 Å². The van der Waals surface area contributed by atoms with E-state index in [0.717, 1.165) is 24.5 Å². The normalized spacial score (nSPS) is 31.3. The Morgan fingerprint density at radius 1 is 1.11 bits per heavy atom. The van der Waals surface area contributed by atoms with Crippen LogP contribution in [0.1, 0.15) is 24.8 Å². The van der Waals surface area contributed by atoms with Crippen LogP contribution in [0.25, 0.3) is 0 Å². The second kappa shape index (κ2) is 3.98. The number of hydroxylamine groups is 1. The molecule has 4 heteroatoms. The first kappa shape index (κ1) is 11.8. The number of hydrogen-bond donors (Lipinski definition) is 2. The van der Waals surface area contributed by atoms with E-state index in [1.165, 1.54) is 24.1 Å². The summed E-state index contributed by atoms with van der Waals surface area (Å²) < 4.78 is 0. The van der Waals surface area contributed by atoms with Crippen molar-refractivity contribution in [2.24, 2.45) is 0 Å². The van der Waals surface area contributed by atoms with Crippen molar-refractivity contribution in [1.82, 2.24) is 10.8 Å². The first-order chi connectivity index (χ1) is 9.23. The van der Waals surface area contributed by atoms with Gasteiger partial charge in [-0.3, -0.25) is 10.3 Å². The van der Waals surface area contributed by atoms with Crippen LogP contribution in [0.2, 0.25) is 5.02 Å². The molecule has 1 atom stereocenters. The minimum atomic E-state index is -0.128. The molecule has 0 radical (unpaired) electrons. The molecule has 3 aliphatic rings. The van der Waals surface area contributed by atoms with Crippen molar-refractivity contribution >= 4 is 11.6 Å². The average molecular weight is 277 g/mol. The molecule has 19 heavy (non-hydrogen) atoms. The van der Waals surface area contributed by atoms with Crippen molar-refractivity contribution in [1.29, 1.82) is 0 Å². The highest BCUT2D eigenvalue weighted by molar-refractivity contribution is 6.30. The molecule has 1 aromatic rings. The highest BCUT2D eigenvalue weighted by atomic mass is 35.5. The summed E-state index contributed by atoms with van der Waals surface area (Å²) in [6, 6.07) is 8.21. The highest BCUT2D eigenvalue weighted by Gasteiger charge is 2.52. The molecule has 2 fully saturated rings. The molecule has 1 unspecified atom stereocenters. The molecule has 2 heterocycles. The Balaban J connectivity index is 1.67. The van der Waals surface area contributed by atoms with Gasteiger partial charge in [-0.15, -0.1) is 0 Å². The molecule has 1 spiro atoms. The molecular weight excluding hydrogens is 260 g/mol. The molecule has 0 aromatic heterocycles. The summed E-state index contributed by atoms with van der Waals surface area (Å²) in [6.07, 6.45) is 5.70. The third-order valence-corrected chi connectivity index (χ3v) is 4.84. The molecule has 1 aromatic carbocycles. The van der Waals surface area contributed by atoms with Gasteiger partial charge in [-0.1, -0.05) is 23.7 Å². The summed E-state index contributed by atoms with van der Waals surface area (Å²) in [4.78, 5) is 5.85. The van der Waals surface area contributed by atoms with Crippen molar-refractivity contribution in [2.75, 3.05) is 13.1 Å². The first-order valence-electron chi connectivity index (χ1n) is 6.87. The molecule has 0 amide bonds. The molecule has 3 nitrogen and oxygen atoms in total. The fourth-order valence-corrected chi connectivity index (χ4v) is 3.35. The number of nitrogens with one attached hydrogen (secondary N) is 2. The number of allylic oxidation sites excluding steroid dienone is 1. The summed E-state index contributed by atoms with van der Waals surface area (Å²) in [6.45, 7) is 1.93. The SMILES string of the molecule is Clc1ccc(C2(C3=CC4(CCNC4)ON3)CC2)cc1. The van der Waals surface area contributed by atoms with Crippen LogP contribution in [-0.2, 0) is 10.3 Å². The zero-order valence-electron chi connectivity index (χ0n) is 10.7. The van der Waals surface area contributed by atoms with Crippen molar-refractivity contribution in [3.63, 3.8) is 0 Å². The van der Waals surface area contributed by atoms with Gasteiger partial charge in [0.25, 0.3) is 0 Å². The number of benzene rings is 1. The molecular formula is C15H17ClN2O. The quantitative estimate of drug-likeness (QED) is 0.871. The summed E-state index contributed by atoms with van der Waals surface area (Å²) in [5.74, 6) is 0. The molecule has 2 N–H and O–H groups in total. The summed E-state index contributed by atoms with van der Waals surface area (Å²) >= 11 is 5.98. The van der Waals surface area contributed by atoms with E-state index in [0.29, 0.717) is 0 Å². The van der Waals surface area contributed by atoms with Gasteiger partial charge in [0.1, 0.15) is 5.60 Å². The molecule has 1 saturated carbocycles. The van der Waals surface area contributed by atoms with Gasteiger partial charge in [-0.05, 0) is 49.6 Å². The molecule has 1 aliphatic carbocycles. The standard InChI is InChI=1S/C15H17ClN2O/c16-12-3-1-11(2-4-12)15(5-6-15)13-9-14(19-18-13)7-8-17-10-14/h1-4,9,17-18H,5-8,10H2. The van der Waals surface area contributed by atoms with Crippen LogP contribution >= 0.6 is 11.6 Å². The second-order valence-electron chi connectivity index (χ2n) is 5.84. The maximum Gasteiger partial charge on any atom is 0.130 e.